The average Bonchev–Trinajstić information content (AvgIpc) is 2.40. The van der Waals surface area contributed by atoms with Crippen molar-refractivity contribution in [2.24, 2.45) is 0 Å². The van der Waals surface area contributed by atoms with E-state index in [4.69, 9.17) is 9.84 Å². The Labute approximate surface area is 116 Å². The zero-order chi connectivity index (χ0) is 14.7. The maximum atomic E-state index is 14.0. The Morgan fingerprint density at radius 2 is 1.90 bits per heavy atom. The van der Waals surface area contributed by atoms with Crippen molar-refractivity contribution in [1.29, 1.82) is 0 Å². The largest absolute Gasteiger partial charge is 0.494 e. The molecule has 3 nitrogen and oxygen atoms in total. The van der Waals surface area contributed by atoms with Crippen LogP contribution in [-0.4, -0.2) is 17.7 Å². The normalized spacial score (nSPS) is 10.3. The summed E-state index contributed by atoms with van der Waals surface area (Å²) in [6.45, 7) is 4.33. The number of aromatic carboxylic acids is 1. The summed E-state index contributed by atoms with van der Waals surface area (Å²) in [7, 11) is 0. The molecule has 0 heterocycles. The van der Waals surface area contributed by atoms with Gasteiger partial charge in [0.25, 0.3) is 0 Å². The fourth-order valence-electron chi connectivity index (χ4n) is 2.06. The van der Waals surface area contributed by atoms with Crippen LogP contribution < -0.4 is 4.74 Å². The fraction of sp³-hybridized carbons (Fsp3) is 0.188. The number of carboxylic acid groups (broad SMARTS) is 1. The van der Waals surface area contributed by atoms with Gasteiger partial charge in [0.2, 0.25) is 0 Å². The van der Waals surface area contributed by atoms with Crippen molar-refractivity contribution in [3.8, 4) is 16.9 Å². The molecule has 104 valence electrons. The molecule has 2 rings (SSSR count). The molecule has 0 bridgehead atoms. The Morgan fingerprint density at radius 1 is 1.20 bits per heavy atom. The van der Waals surface area contributed by atoms with Gasteiger partial charge in [0.1, 0.15) is 11.6 Å². The summed E-state index contributed by atoms with van der Waals surface area (Å²) in [6.07, 6.45) is 0. The van der Waals surface area contributed by atoms with Crippen LogP contribution >= 0.6 is 0 Å². The zero-order valence-electron chi connectivity index (χ0n) is 11.3. The second-order valence-electron chi connectivity index (χ2n) is 4.41. The lowest BCUT2D eigenvalue weighted by atomic mass is 9.98. The fourth-order valence-corrected chi connectivity index (χ4v) is 2.06. The molecule has 0 radical (unpaired) electrons. The second-order valence-corrected chi connectivity index (χ2v) is 4.41. The van der Waals surface area contributed by atoms with E-state index in [1.54, 1.807) is 12.1 Å². The minimum Gasteiger partial charge on any atom is -0.494 e. The molecule has 0 aliphatic rings. The molecule has 2 aromatic rings. The highest BCUT2D eigenvalue weighted by molar-refractivity contribution is 5.88. The van der Waals surface area contributed by atoms with Crippen molar-refractivity contribution in [3.05, 3.63) is 53.3 Å². The lowest BCUT2D eigenvalue weighted by molar-refractivity contribution is 0.0696. The van der Waals surface area contributed by atoms with E-state index in [0.29, 0.717) is 12.2 Å². The zero-order valence-corrected chi connectivity index (χ0v) is 11.3. The van der Waals surface area contributed by atoms with E-state index in [1.165, 1.54) is 12.1 Å². The quantitative estimate of drug-likeness (QED) is 0.919. The van der Waals surface area contributed by atoms with Crippen LogP contribution in [0.25, 0.3) is 11.1 Å². The first-order chi connectivity index (χ1) is 9.52. The molecule has 1 N–H and O–H groups in total. The van der Waals surface area contributed by atoms with E-state index in [9.17, 15) is 9.18 Å². The minimum absolute atomic E-state index is 0.0603. The van der Waals surface area contributed by atoms with Gasteiger partial charge in [0.05, 0.1) is 12.2 Å². The van der Waals surface area contributed by atoms with Gasteiger partial charge in [0, 0.05) is 5.56 Å². The van der Waals surface area contributed by atoms with Crippen LogP contribution in [0.2, 0.25) is 0 Å². The molecule has 0 aliphatic heterocycles. The smallest absolute Gasteiger partial charge is 0.335 e. The van der Waals surface area contributed by atoms with Gasteiger partial charge >= 0.3 is 5.97 Å². The van der Waals surface area contributed by atoms with Gasteiger partial charge in [-0.05, 0) is 49.2 Å². The van der Waals surface area contributed by atoms with Crippen LogP contribution in [0, 0.1) is 12.7 Å². The first-order valence-corrected chi connectivity index (χ1v) is 6.29. The van der Waals surface area contributed by atoms with Crippen LogP contribution in [-0.2, 0) is 0 Å². The second kappa shape index (κ2) is 5.74. The molecule has 2 aromatic carbocycles. The standard InChI is InChI=1S/C16H15FO3/c1-3-20-12-5-7-13(10(2)8-12)14-6-4-11(16(18)19)9-15(14)17/h4-9H,3H2,1-2H3,(H,18,19). The predicted octanol–water partition coefficient (Wildman–Crippen LogP) is 3.90. The van der Waals surface area contributed by atoms with E-state index in [-0.39, 0.29) is 5.56 Å². The van der Waals surface area contributed by atoms with E-state index >= 15 is 0 Å². The third-order valence-corrected chi connectivity index (χ3v) is 3.02. The molecule has 0 amide bonds. The number of rotatable bonds is 4. The Kier molecular flexibility index (Phi) is 4.03. The third kappa shape index (κ3) is 2.79. The number of ether oxygens (including phenoxy) is 1. The summed E-state index contributed by atoms with van der Waals surface area (Å²) < 4.78 is 19.4. The van der Waals surface area contributed by atoms with Gasteiger partial charge in [-0.3, -0.25) is 0 Å². The van der Waals surface area contributed by atoms with E-state index in [0.717, 1.165) is 22.9 Å². The monoisotopic (exact) mass is 274 g/mol. The van der Waals surface area contributed by atoms with Crippen molar-refractivity contribution in [3.63, 3.8) is 0 Å². The van der Waals surface area contributed by atoms with Gasteiger partial charge in [-0.2, -0.15) is 0 Å². The summed E-state index contributed by atoms with van der Waals surface area (Å²) >= 11 is 0. The Morgan fingerprint density at radius 3 is 2.45 bits per heavy atom. The van der Waals surface area contributed by atoms with Gasteiger partial charge in [0.15, 0.2) is 0 Å². The Bertz CT molecular complexity index is 650. The van der Waals surface area contributed by atoms with Crippen LogP contribution in [0.1, 0.15) is 22.8 Å². The molecule has 0 aromatic heterocycles. The summed E-state index contributed by atoms with van der Waals surface area (Å²) in [5.74, 6) is -0.952. The Hall–Kier alpha value is -2.36. The minimum atomic E-state index is -1.14. The first kappa shape index (κ1) is 14.1. The predicted molar refractivity (Wildman–Crippen MR) is 74.7 cm³/mol. The van der Waals surface area contributed by atoms with Crippen LogP contribution in [0.4, 0.5) is 4.39 Å². The van der Waals surface area contributed by atoms with E-state index in [2.05, 4.69) is 0 Å². The van der Waals surface area contributed by atoms with Gasteiger partial charge in [-0.1, -0.05) is 12.1 Å². The molecular formula is C16H15FO3. The topological polar surface area (TPSA) is 46.5 Å². The number of benzene rings is 2. The molecule has 0 unspecified atom stereocenters. The van der Waals surface area contributed by atoms with Gasteiger partial charge in [-0.25, -0.2) is 9.18 Å². The lowest BCUT2D eigenvalue weighted by Crippen LogP contribution is -1.98. The van der Waals surface area contributed by atoms with Crippen LogP contribution in [0.15, 0.2) is 36.4 Å². The van der Waals surface area contributed by atoms with Gasteiger partial charge < -0.3 is 9.84 Å². The summed E-state index contributed by atoms with van der Waals surface area (Å²) in [4.78, 5) is 10.8. The Balaban J connectivity index is 2.44. The number of hydrogen-bond donors (Lipinski definition) is 1. The molecule has 4 heteroatoms. The van der Waals surface area contributed by atoms with Crippen molar-refractivity contribution >= 4 is 5.97 Å². The van der Waals surface area contributed by atoms with Crippen molar-refractivity contribution in [2.45, 2.75) is 13.8 Å². The molecule has 0 saturated carbocycles. The summed E-state index contributed by atoms with van der Waals surface area (Å²) in [5, 5.41) is 8.84. The van der Waals surface area contributed by atoms with Crippen molar-refractivity contribution in [2.75, 3.05) is 6.61 Å². The first-order valence-electron chi connectivity index (χ1n) is 6.29. The maximum absolute atomic E-state index is 14.0. The van der Waals surface area contributed by atoms with Gasteiger partial charge in [-0.15, -0.1) is 0 Å². The molecule has 20 heavy (non-hydrogen) atoms. The summed E-state index contributed by atoms with van der Waals surface area (Å²) in [6, 6.07) is 9.31. The number of hydrogen-bond acceptors (Lipinski definition) is 2. The number of aryl methyl sites for hydroxylation is 1. The van der Waals surface area contributed by atoms with Crippen molar-refractivity contribution in [1.82, 2.24) is 0 Å². The molecule has 0 aliphatic carbocycles. The molecule has 0 fully saturated rings. The number of halogens is 1. The summed E-state index contributed by atoms with van der Waals surface area (Å²) in [5.41, 5.74) is 1.92. The average molecular weight is 274 g/mol. The van der Waals surface area contributed by atoms with Crippen LogP contribution in [0.5, 0.6) is 5.75 Å². The van der Waals surface area contributed by atoms with E-state index in [1.807, 2.05) is 19.9 Å². The highest BCUT2D eigenvalue weighted by Crippen LogP contribution is 2.29. The third-order valence-electron chi connectivity index (χ3n) is 3.02. The lowest BCUT2D eigenvalue weighted by Gasteiger charge is -2.10. The maximum Gasteiger partial charge on any atom is 0.335 e. The number of carbonyl (C=O) groups is 1. The SMILES string of the molecule is CCOc1ccc(-c2ccc(C(=O)O)cc2F)c(C)c1. The van der Waals surface area contributed by atoms with Crippen LogP contribution in [0.3, 0.4) is 0 Å². The molecular weight excluding hydrogens is 259 g/mol. The molecule has 0 atom stereocenters. The number of carboxylic acids is 1. The highest BCUT2D eigenvalue weighted by atomic mass is 19.1. The van der Waals surface area contributed by atoms with E-state index < -0.39 is 11.8 Å². The molecule has 0 spiro atoms. The highest BCUT2D eigenvalue weighted by Gasteiger charge is 2.12. The molecule has 0 saturated heterocycles. The van der Waals surface area contributed by atoms with Crippen molar-refractivity contribution < 1.29 is 19.0 Å².